The average Bonchev–Trinajstić information content (AvgIpc) is 2.05. The van der Waals surface area contributed by atoms with E-state index >= 15 is 0 Å². The van der Waals surface area contributed by atoms with Crippen molar-refractivity contribution in [2.45, 2.75) is 0 Å². The van der Waals surface area contributed by atoms with Crippen LogP contribution in [0, 0.1) is 36.5 Å². The molecule has 1 aliphatic rings. The predicted octanol–water partition coefficient (Wildman–Crippen LogP) is 1.61. The lowest BCUT2D eigenvalue weighted by molar-refractivity contribution is 0.981. The number of allylic oxidation sites excluding steroid dienone is 4. The normalized spacial score (nSPS) is 29.0. The second kappa shape index (κ2) is 2.95. The van der Waals surface area contributed by atoms with Crippen molar-refractivity contribution in [2.24, 2.45) is 11.8 Å². The Bertz CT molecular complexity index is 202. The van der Waals surface area contributed by atoms with Crippen LogP contribution in [0.3, 0.4) is 0 Å². The van der Waals surface area contributed by atoms with E-state index in [-0.39, 0.29) is 11.8 Å². The van der Waals surface area contributed by atoms with Crippen LogP contribution in [0.25, 0.3) is 0 Å². The molecular formula is C10H8. The van der Waals surface area contributed by atoms with Gasteiger partial charge in [0.2, 0.25) is 0 Å². The van der Waals surface area contributed by atoms with Crippen LogP contribution < -0.4 is 0 Å². The van der Waals surface area contributed by atoms with Crippen molar-refractivity contribution in [1.29, 1.82) is 0 Å². The van der Waals surface area contributed by atoms with Crippen LogP contribution in [0.4, 0.5) is 0 Å². The third-order valence-electron chi connectivity index (χ3n) is 1.44. The Morgan fingerprint density at radius 2 is 1.10 bits per heavy atom. The minimum atomic E-state index is 0.143. The molecule has 0 unspecified atom stereocenters. The highest BCUT2D eigenvalue weighted by Crippen LogP contribution is 2.12. The number of rotatable bonds is 0. The van der Waals surface area contributed by atoms with Gasteiger partial charge in [-0.3, -0.25) is 0 Å². The fourth-order valence-corrected chi connectivity index (χ4v) is 0.829. The summed E-state index contributed by atoms with van der Waals surface area (Å²) < 4.78 is 0. The van der Waals surface area contributed by atoms with Crippen LogP contribution in [0.1, 0.15) is 0 Å². The number of hydrogen-bond acceptors (Lipinski definition) is 0. The highest BCUT2D eigenvalue weighted by atomic mass is 14.1. The molecule has 10 heavy (non-hydrogen) atoms. The van der Waals surface area contributed by atoms with Crippen LogP contribution in [-0.2, 0) is 0 Å². The number of terminal acetylenes is 2. The van der Waals surface area contributed by atoms with Gasteiger partial charge in [-0.25, -0.2) is 0 Å². The summed E-state index contributed by atoms with van der Waals surface area (Å²) >= 11 is 0. The van der Waals surface area contributed by atoms with E-state index in [1.54, 1.807) is 0 Å². The predicted molar refractivity (Wildman–Crippen MR) is 42.9 cm³/mol. The van der Waals surface area contributed by atoms with Gasteiger partial charge < -0.3 is 0 Å². The van der Waals surface area contributed by atoms with Gasteiger partial charge in [-0.15, -0.1) is 12.8 Å². The van der Waals surface area contributed by atoms with Crippen LogP contribution in [-0.4, -0.2) is 0 Å². The first kappa shape index (κ1) is 6.72. The number of hydrogen-bond donors (Lipinski definition) is 0. The molecule has 48 valence electrons. The van der Waals surface area contributed by atoms with Gasteiger partial charge in [0.1, 0.15) is 0 Å². The van der Waals surface area contributed by atoms with Gasteiger partial charge in [0, 0.05) is 0 Å². The minimum Gasteiger partial charge on any atom is -0.119 e. The van der Waals surface area contributed by atoms with Gasteiger partial charge in [0.25, 0.3) is 0 Å². The second-order valence-corrected chi connectivity index (χ2v) is 2.15. The first-order chi connectivity index (χ1) is 4.86. The highest BCUT2D eigenvalue weighted by Gasteiger charge is 2.02. The zero-order valence-corrected chi connectivity index (χ0v) is 5.62. The van der Waals surface area contributed by atoms with Crippen LogP contribution in [0.5, 0.6) is 0 Å². The quantitative estimate of drug-likeness (QED) is 0.343. The molecule has 0 saturated heterocycles. The first-order valence-corrected chi connectivity index (χ1v) is 3.15. The van der Waals surface area contributed by atoms with Crippen molar-refractivity contribution in [3.63, 3.8) is 0 Å². The Labute approximate surface area is 61.6 Å². The summed E-state index contributed by atoms with van der Waals surface area (Å²) in [5, 5.41) is 0. The summed E-state index contributed by atoms with van der Waals surface area (Å²) in [5.41, 5.74) is 0. The third-order valence-corrected chi connectivity index (χ3v) is 1.44. The summed E-state index contributed by atoms with van der Waals surface area (Å²) in [5.74, 6) is 5.50. The summed E-state index contributed by atoms with van der Waals surface area (Å²) in [6.07, 6.45) is 18.2. The molecule has 0 spiro atoms. The minimum absolute atomic E-state index is 0.143. The lowest BCUT2D eigenvalue weighted by Gasteiger charge is -2.06. The second-order valence-electron chi connectivity index (χ2n) is 2.15. The summed E-state index contributed by atoms with van der Waals surface area (Å²) in [7, 11) is 0. The van der Waals surface area contributed by atoms with E-state index in [0.29, 0.717) is 0 Å². The molecule has 1 rings (SSSR count). The van der Waals surface area contributed by atoms with Crippen molar-refractivity contribution in [3.05, 3.63) is 24.3 Å². The molecule has 0 aliphatic heterocycles. The van der Waals surface area contributed by atoms with Gasteiger partial charge in [0.15, 0.2) is 0 Å². The Balaban J connectivity index is 2.66. The molecule has 0 nitrogen and oxygen atoms in total. The lowest BCUT2D eigenvalue weighted by atomic mass is 9.97. The molecule has 0 heteroatoms. The first-order valence-electron chi connectivity index (χ1n) is 3.15. The molecule has 0 saturated carbocycles. The van der Waals surface area contributed by atoms with Gasteiger partial charge in [-0.2, -0.15) is 0 Å². The molecule has 0 aromatic rings. The van der Waals surface area contributed by atoms with E-state index in [1.165, 1.54) is 0 Å². The molecule has 0 aromatic carbocycles. The molecule has 0 atom stereocenters. The summed E-state index contributed by atoms with van der Waals surface area (Å²) in [6.45, 7) is 0. The maximum Gasteiger partial charge on any atom is 0.0561 e. The largest absolute Gasteiger partial charge is 0.119 e. The molecule has 0 amide bonds. The Hall–Kier alpha value is -1.40. The van der Waals surface area contributed by atoms with E-state index in [9.17, 15) is 0 Å². The fraction of sp³-hybridized carbons (Fsp3) is 0.200. The summed E-state index contributed by atoms with van der Waals surface area (Å²) in [6, 6.07) is 0. The Morgan fingerprint density at radius 1 is 0.800 bits per heavy atom. The van der Waals surface area contributed by atoms with Crippen molar-refractivity contribution >= 4 is 0 Å². The van der Waals surface area contributed by atoms with E-state index in [2.05, 4.69) is 11.8 Å². The molecule has 0 radical (unpaired) electrons. The van der Waals surface area contributed by atoms with Crippen molar-refractivity contribution in [3.8, 4) is 24.7 Å². The highest BCUT2D eigenvalue weighted by molar-refractivity contribution is 5.26. The van der Waals surface area contributed by atoms with Crippen molar-refractivity contribution in [1.82, 2.24) is 0 Å². The maximum absolute atomic E-state index is 5.19. The topological polar surface area (TPSA) is 0 Å². The van der Waals surface area contributed by atoms with Gasteiger partial charge in [-0.05, 0) is 0 Å². The van der Waals surface area contributed by atoms with Crippen LogP contribution in [0.15, 0.2) is 24.3 Å². The zero-order valence-electron chi connectivity index (χ0n) is 5.62. The third kappa shape index (κ3) is 1.30. The van der Waals surface area contributed by atoms with Crippen molar-refractivity contribution in [2.75, 3.05) is 0 Å². The molecule has 0 N–H and O–H groups in total. The average molecular weight is 128 g/mol. The van der Waals surface area contributed by atoms with Gasteiger partial charge in [-0.1, -0.05) is 36.1 Å². The van der Waals surface area contributed by atoms with Crippen LogP contribution in [0.2, 0.25) is 0 Å². The lowest BCUT2D eigenvalue weighted by Crippen LogP contribution is -1.97. The summed E-state index contributed by atoms with van der Waals surface area (Å²) in [4.78, 5) is 0. The Kier molecular flexibility index (Phi) is 1.98. The standard InChI is InChI=1S/C10H8/c1-3-9-5-7-10(4-2)8-6-9/h1-2,5-10H. The van der Waals surface area contributed by atoms with E-state index in [0.717, 1.165) is 0 Å². The Morgan fingerprint density at radius 3 is 1.30 bits per heavy atom. The smallest absolute Gasteiger partial charge is 0.0561 e. The SMILES string of the molecule is C#CC1C=CC(C#C)C=C1. The molecule has 1 aliphatic carbocycles. The van der Waals surface area contributed by atoms with Gasteiger partial charge in [0.05, 0.1) is 11.8 Å². The maximum atomic E-state index is 5.19. The fourth-order valence-electron chi connectivity index (χ4n) is 0.829. The molecule has 0 aromatic heterocycles. The molecule has 0 fully saturated rings. The zero-order chi connectivity index (χ0) is 7.40. The molecular weight excluding hydrogens is 120 g/mol. The van der Waals surface area contributed by atoms with Crippen molar-refractivity contribution < 1.29 is 0 Å². The van der Waals surface area contributed by atoms with E-state index in [4.69, 9.17) is 12.8 Å². The van der Waals surface area contributed by atoms with Gasteiger partial charge >= 0.3 is 0 Å². The van der Waals surface area contributed by atoms with E-state index in [1.807, 2.05) is 24.3 Å². The monoisotopic (exact) mass is 128 g/mol. The molecule has 0 heterocycles. The van der Waals surface area contributed by atoms with E-state index < -0.39 is 0 Å². The van der Waals surface area contributed by atoms with Crippen LogP contribution >= 0.6 is 0 Å². The molecule has 0 bridgehead atoms.